The van der Waals surface area contributed by atoms with Crippen molar-refractivity contribution >= 4 is 24.0 Å². The fraction of sp³-hybridized carbons (Fsp3) is 0.200. The lowest BCUT2D eigenvalue weighted by Crippen LogP contribution is -2.30. The number of nitrogens with zero attached hydrogens (tertiary/aromatic N) is 2. The Bertz CT molecular complexity index is 1110. The molecule has 4 nitrogen and oxygen atoms in total. The Morgan fingerprint density at radius 2 is 1.62 bits per heavy atom. The topological polar surface area (TPSA) is 56.1 Å². The minimum atomic E-state index is -0.860. The van der Waals surface area contributed by atoms with Crippen molar-refractivity contribution in [1.82, 2.24) is 4.90 Å². The molecule has 0 bridgehead atoms. The van der Waals surface area contributed by atoms with Crippen LogP contribution in [-0.4, -0.2) is 16.8 Å². The van der Waals surface area contributed by atoms with Gasteiger partial charge in [-0.15, -0.1) is 12.4 Å². The number of rotatable bonds is 7. The van der Waals surface area contributed by atoms with Crippen LogP contribution < -0.4 is 5.32 Å². The normalized spacial score (nSPS) is 10.5. The molecule has 166 valence electrons. The summed E-state index contributed by atoms with van der Waals surface area (Å²) in [4.78, 5) is 14.7. The number of anilines is 1. The van der Waals surface area contributed by atoms with E-state index >= 15 is 0 Å². The Hall–Kier alpha value is -3.27. The summed E-state index contributed by atoms with van der Waals surface area (Å²) >= 11 is 0. The molecule has 0 saturated carbocycles. The number of hydrogen-bond acceptors (Lipinski definition) is 3. The first-order valence-electron chi connectivity index (χ1n) is 9.94. The van der Waals surface area contributed by atoms with Gasteiger partial charge in [0.05, 0.1) is 11.6 Å². The van der Waals surface area contributed by atoms with Crippen LogP contribution in [0.25, 0.3) is 0 Å². The zero-order chi connectivity index (χ0) is 22.4. The molecule has 1 N–H and O–H groups in total. The molecule has 3 aromatic rings. The summed E-state index contributed by atoms with van der Waals surface area (Å²) in [5.74, 6) is -1.97. The average Bonchev–Trinajstić information content (AvgIpc) is 2.76. The minimum Gasteiger partial charge on any atom is -0.322 e. The Kier molecular flexibility index (Phi) is 8.89. The number of hydrogen-bond donors (Lipinski definition) is 1. The summed E-state index contributed by atoms with van der Waals surface area (Å²) in [6.07, 6.45) is 0. The van der Waals surface area contributed by atoms with Crippen molar-refractivity contribution in [3.05, 3.63) is 101 Å². The van der Waals surface area contributed by atoms with Gasteiger partial charge in [0.2, 0.25) is 0 Å². The SMILES string of the molecule is CC(C)N(Cc1cccc(C(=O)Nc2ccc(C#N)cc2)c1)Cc1ccc(F)c(F)c1.Cl. The van der Waals surface area contributed by atoms with Gasteiger partial charge in [0, 0.05) is 30.4 Å². The zero-order valence-electron chi connectivity index (χ0n) is 17.8. The number of amides is 1. The maximum atomic E-state index is 13.6. The van der Waals surface area contributed by atoms with E-state index in [0.717, 1.165) is 11.6 Å². The first-order valence-corrected chi connectivity index (χ1v) is 9.94. The molecule has 0 aromatic heterocycles. The quantitative estimate of drug-likeness (QED) is 0.481. The Labute approximate surface area is 192 Å². The highest BCUT2D eigenvalue weighted by Crippen LogP contribution is 2.17. The molecule has 0 heterocycles. The van der Waals surface area contributed by atoms with E-state index in [9.17, 15) is 13.6 Å². The molecule has 0 atom stereocenters. The van der Waals surface area contributed by atoms with Crippen molar-refractivity contribution < 1.29 is 13.6 Å². The molecule has 0 aliphatic carbocycles. The van der Waals surface area contributed by atoms with Gasteiger partial charge >= 0.3 is 0 Å². The number of nitriles is 1. The van der Waals surface area contributed by atoms with Crippen LogP contribution in [0, 0.1) is 23.0 Å². The van der Waals surface area contributed by atoms with Crippen LogP contribution in [0.4, 0.5) is 14.5 Å². The van der Waals surface area contributed by atoms with Gasteiger partial charge in [-0.05, 0) is 73.5 Å². The highest BCUT2D eigenvalue weighted by molar-refractivity contribution is 6.04. The predicted molar refractivity (Wildman–Crippen MR) is 124 cm³/mol. The second kappa shape index (κ2) is 11.4. The Balaban J connectivity index is 0.00000363. The van der Waals surface area contributed by atoms with Gasteiger partial charge in [0.1, 0.15) is 0 Å². The Morgan fingerprint density at radius 1 is 0.969 bits per heavy atom. The van der Waals surface area contributed by atoms with Crippen molar-refractivity contribution in [2.45, 2.75) is 33.0 Å². The summed E-state index contributed by atoms with van der Waals surface area (Å²) in [5, 5.41) is 11.7. The van der Waals surface area contributed by atoms with Crippen LogP contribution in [0.3, 0.4) is 0 Å². The molecule has 3 aromatic carbocycles. The van der Waals surface area contributed by atoms with Crippen LogP contribution in [0.1, 0.15) is 40.9 Å². The highest BCUT2D eigenvalue weighted by Gasteiger charge is 2.14. The van der Waals surface area contributed by atoms with Crippen molar-refractivity contribution in [3.8, 4) is 6.07 Å². The lowest BCUT2D eigenvalue weighted by molar-refractivity contribution is 0.102. The molecule has 32 heavy (non-hydrogen) atoms. The molecule has 0 aliphatic rings. The maximum Gasteiger partial charge on any atom is 0.255 e. The number of halogens is 3. The second-order valence-corrected chi connectivity index (χ2v) is 7.59. The summed E-state index contributed by atoms with van der Waals surface area (Å²) < 4.78 is 26.8. The molecule has 0 aliphatic heterocycles. The molecule has 7 heteroatoms. The van der Waals surface area contributed by atoms with Crippen molar-refractivity contribution in [2.24, 2.45) is 0 Å². The van der Waals surface area contributed by atoms with E-state index in [-0.39, 0.29) is 24.4 Å². The molecular formula is C25H24ClF2N3O. The van der Waals surface area contributed by atoms with E-state index in [1.807, 2.05) is 38.1 Å². The van der Waals surface area contributed by atoms with Gasteiger partial charge in [-0.1, -0.05) is 18.2 Å². The standard InChI is InChI=1S/C25H23F2N3O.ClH/c1-17(2)30(16-20-8-11-23(26)24(27)13-20)15-19-4-3-5-21(12-19)25(31)29-22-9-6-18(14-28)7-10-22;/h3-13,17H,15-16H2,1-2H3,(H,29,31);1H. The number of benzene rings is 3. The van der Waals surface area contributed by atoms with E-state index in [0.29, 0.717) is 35.5 Å². The third-order valence-corrected chi connectivity index (χ3v) is 4.95. The fourth-order valence-electron chi connectivity index (χ4n) is 3.17. The van der Waals surface area contributed by atoms with Gasteiger partial charge in [-0.25, -0.2) is 8.78 Å². The molecule has 0 unspecified atom stereocenters. The van der Waals surface area contributed by atoms with E-state index < -0.39 is 11.6 Å². The first kappa shape index (κ1) is 25.0. The van der Waals surface area contributed by atoms with Gasteiger partial charge in [-0.2, -0.15) is 5.26 Å². The van der Waals surface area contributed by atoms with Crippen LogP contribution in [-0.2, 0) is 13.1 Å². The molecule has 0 spiro atoms. The molecule has 3 rings (SSSR count). The predicted octanol–water partition coefficient (Wildman–Crippen LogP) is 5.92. The van der Waals surface area contributed by atoms with Crippen molar-refractivity contribution in [3.63, 3.8) is 0 Å². The molecular weight excluding hydrogens is 432 g/mol. The number of carbonyl (C=O) groups excluding carboxylic acids is 1. The largest absolute Gasteiger partial charge is 0.322 e. The molecule has 0 saturated heterocycles. The zero-order valence-corrected chi connectivity index (χ0v) is 18.6. The molecule has 0 radical (unpaired) electrons. The van der Waals surface area contributed by atoms with Crippen LogP contribution >= 0.6 is 12.4 Å². The van der Waals surface area contributed by atoms with Crippen LogP contribution in [0.5, 0.6) is 0 Å². The average molecular weight is 456 g/mol. The second-order valence-electron chi connectivity index (χ2n) is 7.59. The lowest BCUT2D eigenvalue weighted by atomic mass is 10.1. The third kappa shape index (κ3) is 6.61. The summed E-state index contributed by atoms with van der Waals surface area (Å²) in [6, 6.07) is 20.1. The highest BCUT2D eigenvalue weighted by atomic mass is 35.5. The van der Waals surface area contributed by atoms with E-state index in [1.54, 1.807) is 36.4 Å². The van der Waals surface area contributed by atoms with Crippen molar-refractivity contribution in [1.29, 1.82) is 5.26 Å². The fourth-order valence-corrected chi connectivity index (χ4v) is 3.17. The van der Waals surface area contributed by atoms with E-state index in [4.69, 9.17) is 5.26 Å². The monoisotopic (exact) mass is 455 g/mol. The smallest absolute Gasteiger partial charge is 0.255 e. The maximum absolute atomic E-state index is 13.6. The van der Waals surface area contributed by atoms with E-state index in [2.05, 4.69) is 10.2 Å². The minimum absolute atomic E-state index is 0. The summed E-state index contributed by atoms with van der Waals surface area (Å²) in [5.41, 5.74) is 3.26. The van der Waals surface area contributed by atoms with Gasteiger partial charge in [0.15, 0.2) is 11.6 Å². The Morgan fingerprint density at radius 3 is 2.22 bits per heavy atom. The molecule has 1 amide bonds. The van der Waals surface area contributed by atoms with Crippen LogP contribution in [0.15, 0.2) is 66.7 Å². The first-order chi connectivity index (χ1) is 14.9. The summed E-state index contributed by atoms with van der Waals surface area (Å²) in [6.45, 7) is 5.06. The third-order valence-electron chi connectivity index (χ3n) is 4.95. The van der Waals surface area contributed by atoms with Gasteiger partial charge in [0.25, 0.3) is 5.91 Å². The van der Waals surface area contributed by atoms with Gasteiger partial charge in [-0.3, -0.25) is 9.69 Å². The number of nitrogens with one attached hydrogen (secondary N) is 1. The van der Waals surface area contributed by atoms with Crippen LogP contribution in [0.2, 0.25) is 0 Å². The molecule has 0 fully saturated rings. The van der Waals surface area contributed by atoms with Gasteiger partial charge < -0.3 is 5.32 Å². The van der Waals surface area contributed by atoms with E-state index in [1.165, 1.54) is 6.07 Å². The lowest BCUT2D eigenvalue weighted by Gasteiger charge is -2.27. The number of carbonyl (C=O) groups is 1. The summed E-state index contributed by atoms with van der Waals surface area (Å²) in [7, 11) is 0. The van der Waals surface area contributed by atoms with Crippen molar-refractivity contribution in [2.75, 3.05) is 5.32 Å².